The molecule has 0 saturated carbocycles. The molecule has 0 amide bonds. The van der Waals surface area contributed by atoms with Gasteiger partial charge < -0.3 is 10.2 Å². The van der Waals surface area contributed by atoms with E-state index >= 15 is 0 Å². The fourth-order valence-electron chi connectivity index (χ4n) is 2.92. The Morgan fingerprint density at radius 1 is 1.14 bits per heavy atom. The summed E-state index contributed by atoms with van der Waals surface area (Å²) in [7, 11) is 4.29. The molecule has 0 fully saturated rings. The van der Waals surface area contributed by atoms with Crippen molar-refractivity contribution >= 4 is 0 Å². The van der Waals surface area contributed by atoms with Gasteiger partial charge in [-0.25, -0.2) is 0 Å². The van der Waals surface area contributed by atoms with Crippen LogP contribution in [0.2, 0.25) is 0 Å². The van der Waals surface area contributed by atoms with Crippen LogP contribution < -0.4 is 5.32 Å². The van der Waals surface area contributed by atoms with Gasteiger partial charge in [0, 0.05) is 25.2 Å². The Hall–Kier alpha value is -0.900. The molecular weight excluding hydrogens is 258 g/mol. The van der Waals surface area contributed by atoms with Crippen LogP contribution in [-0.4, -0.2) is 56.1 Å². The van der Waals surface area contributed by atoms with Crippen LogP contribution in [0, 0.1) is 6.92 Å². The summed E-state index contributed by atoms with van der Waals surface area (Å²) in [6.45, 7) is 13.2. The number of hydrogen-bond acceptors (Lipinski definition) is 3. The molecule has 1 aromatic rings. The van der Waals surface area contributed by atoms with E-state index in [4.69, 9.17) is 0 Å². The fraction of sp³-hybridized carbons (Fsp3) is 0.667. The van der Waals surface area contributed by atoms with Crippen molar-refractivity contribution in [3.05, 3.63) is 35.4 Å². The van der Waals surface area contributed by atoms with Gasteiger partial charge in [0.1, 0.15) is 0 Å². The van der Waals surface area contributed by atoms with E-state index in [1.54, 1.807) is 0 Å². The third-order valence-corrected chi connectivity index (χ3v) is 3.97. The average molecular weight is 291 g/mol. The highest BCUT2D eigenvalue weighted by atomic mass is 15.2. The van der Waals surface area contributed by atoms with Crippen molar-refractivity contribution in [3.63, 3.8) is 0 Å². The van der Waals surface area contributed by atoms with Gasteiger partial charge in [-0.3, -0.25) is 4.90 Å². The Balaban J connectivity index is 2.80. The zero-order valence-electron chi connectivity index (χ0n) is 14.7. The Morgan fingerprint density at radius 3 is 2.38 bits per heavy atom. The van der Waals surface area contributed by atoms with Gasteiger partial charge in [0.05, 0.1) is 0 Å². The summed E-state index contributed by atoms with van der Waals surface area (Å²) in [6.07, 6.45) is 0. The number of benzene rings is 1. The van der Waals surface area contributed by atoms with Crippen LogP contribution in [-0.2, 0) is 0 Å². The second-order valence-corrected chi connectivity index (χ2v) is 6.22. The molecule has 21 heavy (non-hydrogen) atoms. The number of aryl methyl sites for hydroxylation is 1. The van der Waals surface area contributed by atoms with Crippen LogP contribution in [0.5, 0.6) is 0 Å². The smallest absolute Gasteiger partial charge is 0.0449 e. The van der Waals surface area contributed by atoms with E-state index in [1.807, 2.05) is 0 Å². The molecule has 2 unspecified atom stereocenters. The van der Waals surface area contributed by atoms with Gasteiger partial charge >= 0.3 is 0 Å². The maximum Gasteiger partial charge on any atom is 0.0449 e. The third-order valence-electron chi connectivity index (χ3n) is 3.97. The summed E-state index contributed by atoms with van der Waals surface area (Å²) in [6, 6.07) is 9.84. The van der Waals surface area contributed by atoms with Crippen LogP contribution in [0.4, 0.5) is 0 Å². The minimum atomic E-state index is 0.402. The van der Waals surface area contributed by atoms with Gasteiger partial charge in [-0.05, 0) is 46.6 Å². The number of nitrogens with one attached hydrogen (secondary N) is 1. The monoisotopic (exact) mass is 291 g/mol. The van der Waals surface area contributed by atoms with Gasteiger partial charge in [0.15, 0.2) is 0 Å². The first kappa shape index (κ1) is 18.1. The minimum Gasteiger partial charge on any atom is -0.309 e. The average Bonchev–Trinajstić information content (AvgIpc) is 2.42. The van der Waals surface area contributed by atoms with Crippen LogP contribution in [0.15, 0.2) is 24.3 Å². The summed E-state index contributed by atoms with van der Waals surface area (Å²) < 4.78 is 0. The van der Waals surface area contributed by atoms with Crippen LogP contribution in [0.3, 0.4) is 0 Å². The third kappa shape index (κ3) is 6.16. The van der Waals surface area contributed by atoms with E-state index in [0.29, 0.717) is 12.1 Å². The second kappa shape index (κ2) is 9.19. The zero-order valence-corrected chi connectivity index (χ0v) is 14.7. The molecule has 0 radical (unpaired) electrons. The molecule has 0 aromatic heterocycles. The van der Waals surface area contributed by atoms with Crippen molar-refractivity contribution in [1.29, 1.82) is 0 Å². The maximum absolute atomic E-state index is 3.64. The molecule has 0 spiro atoms. The quantitative estimate of drug-likeness (QED) is 0.755. The Morgan fingerprint density at radius 2 is 1.86 bits per heavy atom. The van der Waals surface area contributed by atoms with Crippen LogP contribution in [0.25, 0.3) is 0 Å². The van der Waals surface area contributed by atoms with Gasteiger partial charge in [-0.15, -0.1) is 0 Å². The van der Waals surface area contributed by atoms with Crippen molar-refractivity contribution < 1.29 is 0 Å². The molecule has 3 nitrogen and oxygen atoms in total. The number of rotatable bonds is 9. The molecule has 0 aliphatic rings. The summed E-state index contributed by atoms with van der Waals surface area (Å²) >= 11 is 0. The first-order chi connectivity index (χ1) is 9.97. The van der Waals surface area contributed by atoms with Gasteiger partial charge in [0.25, 0.3) is 0 Å². The lowest BCUT2D eigenvalue weighted by Crippen LogP contribution is -2.44. The summed E-state index contributed by atoms with van der Waals surface area (Å²) in [5.74, 6) is 0. The largest absolute Gasteiger partial charge is 0.309 e. The number of nitrogens with zero attached hydrogens (tertiary/aromatic N) is 2. The van der Waals surface area contributed by atoms with E-state index in [2.05, 4.69) is 81.2 Å². The molecular formula is C18H33N3. The predicted octanol–water partition coefficient (Wildman–Crippen LogP) is 2.92. The SMILES string of the molecule is CCNC(CN(CC)C(C)CN(C)C)c1cccc(C)c1. The maximum atomic E-state index is 3.64. The molecule has 0 saturated heterocycles. The topological polar surface area (TPSA) is 18.5 Å². The Labute approximate surface area is 131 Å². The molecule has 1 rings (SSSR count). The predicted molar refractivity (Wildman–Crippen MR) is 92.9 cm³/mol. The fourth-order valence-corrected chi connectivity index (χ4v) is 2.92. The molecule has 3 heteroatoms. The molecule has 0 bridgehead atoms. The van der Waals surface area contributed by atoms with Gasteiger partial charge in [-0.2, -0.15) is 0 Å². The summed E-state index contributed by atoms with van der Waals surface area (Å²) in [4.78, 5) is 4.83. The standard InChI is InChI=1S/C18H33N3/c1-7-19-18(17-11-9-10-15(3)12-17)14-21(8-2)16(4)13-20(5)6/h9-12,16,18-19H,7-8,13-14H2,1-6H3. The number of likely N-dealkylation sites (N-methyl/N-ethyl adjacent to an activating group) is 3. The van der Waals surface area contributed by atoms with E-state index in [0.717, 1.165) is 26.2 Å². The van der Waals surface area contributed by atoms with E-state index < -0.39 is 0 Å². The van der Waals surface area contributed by atoms with E-state index in [9.17, 15) is 0 Å². The lowest BCUT2D eigenvalue weighted by molar-refractivity contribution is 0.165. The molecule has 1 N–H and O–H groups in total. The molecule has 2 atom stereocenters. The second-order valence-electron chi connectivity index (χ2n) is 6.22. The van der Waals surface area contributed by atoms with Crippen molar-refractivity contribution in [2.24, 2.45) is 0 Å². The summed E-state index contributed by atoms with van der Waals surface area (Å²) in [5.41, 5.74) is 2.73. The molecule has 120 valence electrons. The Bertz CT molecular complexity index is 403. The van der Waals surface area contributed by atoms with Gasteiger partial charge in [0.2, 0.25) is 0 Å². The highest BCUT2D eigenvalue weighted by molar-refractivity contribution is 5.25. The summed E-state index contributed by atoms with van der Waals surface area (Å²) in [5, 5.41) is 3.64. The molecule has 0 aliphatic carbocycles. The van der Waals surface area contributed by atoms with Crippen LogP contribution >= 0.6 is 0 Å². The van der Waals surface area contributed by atoms with E-state index in [1.165, 1.54) is 11.1 Å². The lowest BCUT2D eigenvalue weighted by Gasteiger charge is -2.33. The highest BCUT2D eigenvalue weighted by Gasteiger charge is 2.19. The first-order valence-corrected chi connectivity index (χ1v) is 8.16. The number of hydrogen-bond donors (Lipinski definition) is 1. The van der Waals surface area contributed by atoms with Crippen molar-refractivity contribution in [2.75, 3.05) is 40.3 Å². The Kier molecular flexibility index (Phi) is 7.94. The molecule has 0 heterocycles. The van der Waals surface area contributed by atoms with Crippen molar-refractivity contribution in [3.8, 4) is 0 Å². The first-order valence-electron chi connectivity index (χ1n) is 8.16. The lowest BCUT2D eigenvalue weighted by atomic mass is 10.0. The molecule has 1 aromatic carbocycles. The van der Waals surface area contributed by atoms with E-state index in [-0.39, 0.29) is 0 Å². The van der Waals surface area contributed by atoms with Crippen molar-refractivity contribution in [2.45, 2.75) is 39.8 Å². The highest BCUT2D eigenvalue weighted by Crippen LogP contribution is 2.17. The molecule has 0 aliphatic heterocycles. The van der Waals surface area contributed by atoms with Crippen LogP contribution in [0.1, 0.15) is 37.9 Å². The minimum absolute atomic E-state index is 0.402. The van der Waals surface area contributed by atoms with Crippen molar-refractivity contribution in [1.82, 2.24) is 15.1 Å². The van der Waals surface area contributed by atoms with Gasteiger partial charge in [-0.1, -0.05) is 43.7 Å². The normalized spacial score (nSPS) is 14.7. The zero-order chi connectivity index (χ0) is 15.8.